The van der Waals surface area contributed by atoms with E-state index < -0.39 is 0 Å². The van der Waals surface area contributed by atoms with Gasteiger partial charge in [-0.1, -0.05) is 11.6 Å². The molecule has 3 fully saturated rings. The molecular weight excluding hydrogens is 397 g/mol. The first-order chi connectivity index (χ1) is 13.1. The van der Waals surface area contributed by atoms with E-state index in [-0.39, 0.29) is 24.2 Å². The molecule has 0 saturated carbocycles. The number of fused-ring (bicyclic) bond motifs is 2. The first-order valence-electron chi connectivity index (χ1n) is 10.2. The van der Waals surface area contributed by atoms with Crippen LogP contribution in [0.1, 0.15) is 61.7 Å². The van der Waals surface area contributed by atoms with Gasteiger partial charge in [0.25, 0.3) is 5.91 Å². The normalized spacial score (nSPS) is 26.5. The minimum atomic E-state index is -0.0113. The van der Waals surface area contributed by atoms with Gasteiger partial charge in [0.05, 0.1) is 10.6 Å². The third-order valence-corrected chi connectivity index (χ3v) is 6.48. The number of amides is 2. The molecule has 28 heavy (non-hydrogen) atoms. The summed E-state index contributed by atoms with van der Waals surface area (Å²) in [6.07, 6.45) is 8.51. The molecule has 2 N–H and O–H groups in total. The molecule has 154 valence electrons. The summed E-state index contributed by atoms with van der Waals surface area (Å²) in [5.41, 5.74) is 1.18. The average molecular weight is 426 g/mol. The minimum Gasteiger partial charge on any atom is -0.339 e. The average Bonchev–Trinajstić information content (AvgIpc) is 3.00. The lowest BCUT2D eigenvalue weighted by atomic mass is 9.89. The molecule has 2 amide bonds. The SMILES string of the molecule is Cl.O=C(CC1CC2CCC(C1)N2)Nc1ccc(C(=O)N2CCCCC2)c(Cl)c1. The Morgan fingerprint density at radius 1 is 1.11 bits per heavy atom. The fourth-order valence-electron chi connectivity index (χ4n) is 4.85. The van der Waals surface area contributed by atoms with E-state index in [1.807, 2.05) is 4.90 Å². The molecule has 0 spiro atoms. The molecule has 3 heterocycles. The highest BCUT2D eigenvalue weighted by Crippen LogP contribution is 2.33. The zero-order valence-corrected chi connectivity index (χ0v) is 17.7. The van der Waals surface area contributed by atoms with Crippen LogP contribution in [0.2, 0.25) is 5.02 Å². The lowest BCUT2D eigenvalue weighted by Crippen LogP contribution is -2.39. The van der Waals surface area contributed by atoms with E-state index in [0.29, 0.717) is 40.7 Å². The van der Waals surface area contributed by atoms with Gasteiger partial charge in [0.15, 0.2) is 0 Å². The van der Waals surface area contributed by atoms with Crippen LogP contribution in [0.3, 0.4) is 0 Å². The van der Waals surface area contributed by atoms with Crippen LogP contribution in [0.4, 0.5) is 5.69 Å². The van der Waals surface area contributed by atoms with Gasteiger partial charge in [-0.15, -0.1) is 12.4 Å². The van der Waals surface area contributed by atoms with Gasteiger partial charge >= 0.3 is 0 Å². The number of carbonyl (C=O) groups is 2. The monoisotopic (exact) mass is 425 g/mol. The molecule has 3 aliphatic rings. The van der Waals surface area contributed by atoms with Gasteiger partial charge in [-0.25, -0.2) is 0 Å². The predicted molar refractivity (Wildman–Crippen MR) is 114 cm³/mol. The second kappa shape index (κ2) is 9.47. The lowest BCUT2D eigenvalue weighted by Gasteiger charge is -2.28. The third kappa shape index (κ3) is 5.00. The van der Waals surface area contributed by atoms with Crippen molar-refractivity contribution >= 4 is 41.5 Å². The summed E-state index contributed by atoms with van der Waals surface area (Å²) >= 11 is 6.36. The molecule has 4 rings (SSSR count). The fraction of sp³-hybridized carbons (Fsp3) is 0.619. The molecule has 1 aromatic rings. The maximum absolute atomic E-state index is 12.6. The van der Waals surface area contributed by atoms with Crippen molar-refractivity contribution in [3.8, 4) is 0 Å². The highest BCUT2D eigenvalue weighted by Gasteiger charge is 2.34. The van der Waals surface area contributed by atoms with Gasteiger partial charge in [-0.05, 0) is 69.1 Å². The quantitative estimate of drug-likeness (QED) is 0.757. The molecule has 5 nitrogen and oxygen atoms in total. The molecule has 2 unspecified atom stereocenters. The molecule has 2 atom stereocenters. The van der Waals surface area contributed by atoms with Gasteiger partial charge in [0, 0.05) is 37.3 Å². The largest absolute Gasteiger partial charge is 0.339 e. The van der Waals surface area contributed by atoms with Gasteiger partial charge < -0.3 is 15.5 Å². The highest BCUT2D eigenvalue weighted by atomic mass is 35.5. The number of nitrogens with zero attached hydrogens (tertiary/aromatic N) is 1. The van der Waals surface area contributed by atoms with Gasteiger partial charge in [-0.3, -0.25) is 9.59 Å². The van der Waals surface area contributed by atoms with E-state index in [1.165, 1.54) is 19.3 Å². The molecule has 3 saturated heterocycles. The van der Waals surface area contributed by atoms with Crippen LogP contribution < -0.4 is 10.6 Å². The highest BCUT2D eigenvalue weighted by molar-refractivity contribution is 6.34. The van der Waals surface area contributed by atoms with Crippen LogP contribution in [0.25, 0.3) is 0 Å². The van der Waals surface area contributed by atoms with Crippen LogP contribution in [-0.4, -0.2) is 41.9 Å². The van der Waals surface area contributed by atoms with E-state index in [9.17, 15) is 9.59 Å². The number of likely N-dealkylation sites (tertiary alicyclic amines) is 1. The number of halogens is 2. The number of carbonyl (C=O) groups excluding carboxylic acids is 2. The van der Waals surface area contributed by atoms with Gasteiger partial charge in [0.1, 0.15) is 0 Å². The van der Waals surface area contributed by atoms with Crippen molar-refractivity contribution in [2.45, 2.75) is 63.5 Å². The van der Waals surface area contributed by atoms with E-state index in [4.69, 9.17) is 11.6 Å². The smallest absolute Gasteiger partial charge is 0.255 e. The van der Waals surface area contributed by atoms with Crippen molar-refractivity contribution in [3.05, 3.63) is 28.8 Å². The summed E-state index contributed by atoms with van der Waals surface area (Å²) in [5, 5.41) is 6.97. The number of hydrogen-bond donors (Lipinski definition) is 2. The van der Waals surface area contributed by atoms with Crippen molar-refractivity contribution < 1.29 is 9.59 Å². The van der Waals surface area contributed by atoms with E-state index >= 15 is 0 Å². The third-order valence-electron chi connectivity index (χ3n) is 6.17. The predicted octanol–water partition coefficient (Wildman–Crippen LogP) is 4.25. The Morgan fingerprint density at radius 2 is 1.79 bits per heavy atom. The maximum Gasteiger partial charge on any atom is 0.255 e. The van der Waals surface area contributed by atoms with Crippen molar-refractivity contribution in [1.29, 1.82) is 0 Å². The first kappa shape index (κ1) is 21.4. The minimum absolute atomic E-state index is 0. The van der Waals surface area contributed by atoms with E-state index in [1.54, 1.807) is 18.2 Å². The second-order valence-corrected chi connectivity index (χ2v) is 8.68. The molecule has 1 aromatic carbocycles. The number of nitrogens with one attached hydrogen (secondary N) is 2. The van der Waals surface area contributed by atoms with E-state index in [0.717, 1.165) is 38.8 Å². The van der Waals surface area contributed by atoms with Crippen LogP contribution >= 0.6 is 24.0 Å². The zero-order valence-electron chi connectivity index (χ0n) is 16.1. The van der Waals surface area contributed by atoms with Crippen molar-refractivity contribution in [1.82, 2.24) is 10.2 Å². The Kier molecular flexibility index (Phi) is 7.24. The summed E-state index contributed by atoms with van der Waals surface area (Å²) in [6.45, 7) is 1.60. The van der Waals surface area contributed by atoms with Crippen LogP contribution in [-0.2, 0) is 4.79 Å². The fourth-order valence-corrected chi connectivity index (χ4v) is 5.11. The van der Waals surface area contributed by atoms with Crippen LogP contribution in [0, 0.1) is 5.92 Å². The molecule has 0 aromatic heterocycles. The number of hydrogen-bond acceptors (Lipinski definition) is 3. The Labute approximate surface area is 178 Å². The molecule has 0 aliphatic carbocycles. The van der Waals surface area contributed by atoms with Gasteiger partial charge in [-0.2, -0.15) is 0 Å². The van der Waals surface area contributed by atoms with Gasteiger partial charge in [0.2, 0.25) is 5.91 Å². The Balaban J connectivity index is 0.00000225. The topological polar surface area (TPSA) is 61.4 Å². The molecule has 2 bridgehead atoms. The van der Waals surface area contributed by atoms with Crippen molar-refractivity contribution in [2.75, 3.05) is 18.4 Å². The maximum atomic E-state index is 12.6. The number of anilines is 1. The standard InChI is InChI=1S/C21H28ClN3O2.ClH/c22-19-13-17(6-7-18(19)21(27)25-8-2-1-3-9-25)24-20(26)12-14-10-15-4-5-16(11-14)23-15;/h6-7,13-16,23H,1-5,8-12H2,(H,24,26);1H. The van der Waals surface area contributed by atoms with Crippen LogP contribution in [0.5, 0.6) is 0 Å². The summed E-state index contributed by atoms with van der Waals surface area (Å²) in [7, 11) is 0. The number of benzene rings is 1. The zero-order chi connectivity index (χ0) is 18.8. The Bertz CT molecular complexity index is 710. The molecule has 7 heteroatoms. The summed E-state index contributed by atoms with van der Waals surface area (Å²) < 4.78 is 0. The van der Waals surface area contributed by atoms with Crippen molar-refractivity contribution in [3.63, 3.8) is 0 Å². The van der Waals surface area contributed by atoms with E-state index in [2.05, 4.69) is 10.6 Å². The van der Waals surface area contributed by atoms with Crippen LogP contribution in [0.15, 0.2) is 18.2 Å². The second-order valence-electron chi connectivity index (χ2n) is 8.28. The first-order valence-corrected chi connectivity index (χ1v) is 10.6. The molecular formula is C21H29Cl2N3O2. The Morgan fingerprint density at radius 3 is 2.43 bits per heavy atom. The number of rotatable bonds is 4. The summed E-state index contributed by atoms with van der Waals surface area (Å²) in [5.74, 6) is 0.481. The summed E-state index contributed by atoms with van der Waals surface area (Å²) in [6, 6.07) is 6.40. The molecule has 3 aliphatic heterocycles. The number of piperidine rings is 2. The Hall–Kier alpha value is -1.30. The van der Waals surface area contributed by atoms with Crippen molar-refractivity contribution in [2.24, 2.45) is 5.92 Å². The molecule has 0 radical (unpaired) electrons. The summed E-state index contributed by atoms with van der Waals surface area (Å²) in [4.78, 5) is 26.9. The lowest BCUT2D eigenvalue weighted by molar-refractivity contribution is -0.117.